The second-order valence-corrected chi connectivity index (χ2v) is 4.95. The molecule has 0 aliphatic rings. The molecule has 0 spiro atoms. The van der Waals surface area contributed by atoms with Gasteiger partial charge in [-0.2, -0.15) is 0 Å². The van der Waals surface area contributed by atoms with Gasteiger partial charge in [-0.15, -0.1) is 0 Å². The van der Waals surface area contributed by atoms with Crippen LogP contribution in [0.3, 0.4) is 0 Å². The summed E-state index contributed by atoms with van der Waals surface area (Å²) in [5.74, 6) is 0.0582. The van der Waals surface area contributed by atoms with Crippen molar-refractivity contribution in [2.24, 2.45) is 0 Å². The number of carbonyl (C=O) groups excluding carboxylic acids is 1. The molecule has 0 saturated carbocycles. The number of hydrogen-bond acceptors (Lipinski definition) is 2. The van der Waals surface area contributed by atoms with E-state index in [1.54, 1.807) is 6.07 Å². The average Bonchev–Trinajstić information content (AvgIpc) is 2.30. The van der Waals surface area contributed by atoms with Crippen LogP contribution in [0.5, 0.6) is 0 Å². The summed E-state index contributed by atoms with van der Waals surface area (Å²) in [4.78, 5) is 11.6. The number of hydrogen-bond donors (Lipinski definition) is 2. The van der Waals surface area contributed by atoms with Crippen LogP contribution >= 0.6 is 15.9 Å². The molecule has 0 aliphatic heterocycles. The molecule has 0 atom stereocenters. The van der Waals surface area contributed by atoms with Crippen LogP contribution in [0.15, 0.2) is 22.7 Å². The van der Waals surface area contributed by atoms with Gasteiger partial charge in [0.05, 0.1) is 0 Å². The third kappa shape index (κ3) is 5.22. The van der Waals surface area contributed by atoms with Crippen LogP contribution in [0.4, 0.5) is 11.4 Å². The average molecular weight is 299 g/mol. The summed E-state index contributed by atoms with van der Waals surface area (Å²) in [5, 5.41) is 2.85. The third-order valence-electron chi connectivity index (χ3n) is 2.54. The number of nitrogens with one attached hydrogen (secondary N) is 1. The second kappa shape index (κ2) is 7.33. The Labute approximate surface area is 111 Å². The predicted octanol–water partition coefficient (Wildman–Crippen LogP) is 3.94. The van der Waals surface area contributed by atoms with E-state index in [9.17, 15) is 4.79 Å². The molecule has 0 aliphatic carbocycles. The molecular weight excluding hydrogens is 280 g/mol. The monoisotopic (exact) mass is 298 g/mol. The molecule has 94 valence electrons. The molecule has 1 aromatic rings. The molecule has 4 heteroatoms. The summed E-state index contributed by atoms with van der Waals surface area (Å²) < 4.78 is 0.846. The molecular formula is C13H19BrN2O. The fourth-order valence-corrected chi connectivity index (χ4v) is 1.80. The first kappa shape index (κ1) is 14.0. The lowest BCUT2D eigenvalue weighted by Crippen LogP contribution is -2.11. The molecule has 0 aromatic heterocycles. The van der Waals surface area contributed by atoms with Gasteiger partial charge >= 0.3 is 0 Å². The van der Waals surface area contributed by atoms with Gasteiger partial charge < -0.3 is 11.1 Å². The molecule has 3 N–H and O–H groups in total. The van der Waals surface area contributed by atoms with Crippen molar-refractivity contribution in [3.8, 4) is 0 Å². The van der Waals surface area contributed by atoms with E-state index in [1.165, 1.54) is 12.8 Å². The Balaban J connectivity index is 2.37. The van der Waals surface area contributed by atoms with Gasteiger partial charge in [0, 0.05) is 22.3 Å². The zero-order valence-corrected chi connectivity index (χ0v) is 11.7. The minimum Gasteiger partial charge on any atom is -0.398 e. The lowest BCUT2D eigenvalue weighted by atomic mass is 10.1. The standard InChI is InChI=1S/C13H19BrN2O/c1-2-3-4-5-6-13(17)16-10-7-8-11(14)12(15)9-10/h7-9H,2-6,15H2,1H3,(H,16,17). The van der Waals surface area contributed by atoms with Crippen molar-refractivity contribution in [2.45, 2.75) is 39.0 Å². The van der Waals surface area contributed by atoms with Crippen LogP contribution in [0.1, 0.15) is 39.0 Å². The third-order valence-corrected chi connectivity index (χ3v) is 3.26. The van der Waals surface area contributed by atoms with Gasteiger partial charge in [0.25, 0.3) is 0 Å². The minimum atomic E-state index is 0.0582. The molecule has 1 rings (SSSR count). The van der Waals surface area contributed by atoms with Crippen molar-refractivity contribution in [3.63, 3.8) is 0 Å². The van der Waals surface area contributed by atoms with E-state index in [1.807, 2.05) is 12.1 Å². The smallest absolute Gasteiger partial charge is 0.224 e. The van der Waals surface area contributed by atoms with Crippen LogP contribution in [0.2, 0.25) is 0 Å². The van der Waals surface area contributed by atoms with E-state index in [0.717, 1.165) is 23.0 Å². The van der Waals surface area contributed by atoms with Gasteiger partial charge in [-0.3, -0.25) is 4.79 Å². The number of carbonyl (C=O) groups is 1. The van der Waals surface area contributed by atoms with Gasteiger partial charge in [0.15, 0.2) is 0 Å². The van der Waals surface area contributed by atoms with E-state index in [-0.39, 0.29) is 5.91 Å². The van der Waals surface area contributed by atoms with Crippen LogP contribution in [-0.2, 0) is 4.79 Å². The zero-order valence-electron chi connectivity index (χ0n) is 10.1. The highest BCUT2D eigenvalue weighted by Gasteiger charge is 2.03. The van der Waals surface area contributed by atoms with E-state index in [0.29, 0.717) is 12.1 Å². The number of unbranched alkanes of at least 4 members (excludes halogenated alkanes) is 3. The molecule has 0 bridgehead atoms. The fourth-order valence-electron chi connectivity index (χ4n) is 1.56. The van der Waals surface area contributed by atoms with Gasteiger partial charge in [-0.1, -0.05) is 26.2 Å². The highest BCUT2D eigenvalue weighted by molar-refractivity contribution is 9.10. The highest BCUT2D eigenvalue weighted by Crippen LogP contribution is 2.23. The number of anilines is 2. The maximum absolute atomic E-state index is 11.6. The normalized spacial score (nSPS) is 10.2. The number of halogens is 1. The van der Waals surface area contributed by atoms with Crippen molar-refractivity contribution >= 4 is 33.2 Å². The molecule has 1 aromatic carbocycles. The van der Waals surface area contributed by atoms with Crippen molar-refractivity contribution in [1.29, 1.82) is 0 Å². The zero-order chi connectivity index (χ0) is 12.7. The summed E-state index contributed by atoms with van der Waals surface area (Å²) in [7, 11) is 0. The first-order valence-corrected chi connectivity index (χ1v) is 6.77. The molecule has 0 radical (unpaired) electrons. The Morgan fingerprint density at radius 2 is 2.12 bits per heavy atom. The quantitative estimate of drug-likeness (QED) is 0.617. The van der Waals surface area contributed by atoms with Crippen LogP contribution in [-0.4, -0.2) is 5.91 Å². The van der Waals surface area contributed by atoms with E-state index in [2.05, 4.69) is 28.2 Å². The minimum absolute atomic E-state index is 0.0582. The van der Waals surface area contributed by atoms with Crippen molar-refractivity contribution in [2.75, 3.05) is 11.1 Å². The number of nitrogens with two attached hydrogens (primary N) is 1. The van der Waals surface area contributed by atoms with Gasteiger partial charge in [-0.25, -0.2) is 0 Å². The highest BCUT2D eigenvalue weighted by atomic mass is 79.9. The van der Waals surface area contributed by atoms with Gasteiger partial charge in [0.2, 0.25) is 5.91 Å². The number of rotatable bonds is 6. The molecule has 0 heterocycles. The van der Waals surface area contributed by atoms with Crippen LogP contribution in [0.25, 0.3) is 0 Å². The predicted molar refractivity (Wildman–Crippen MR) is 75.9 cm³/mol. The topological polar surface area (TPSA) is 55.1 Å². The molecule has 0 saturated heterocycles. The summed E-state index contributed by atoms with van der Waals surface area (Å²) >= 11 is 3.32. The first-order valence-electron chi connectivity index (χ1n) is 5.98. The number of benzene rings is 1. The molecule has 0 unspecified atom stereocenters. The van der Waals surface area contributed by atoms with Crippen molar-refractivity contribution in [1.82, 2.24) is 0 Å². The summed E-state index contributed by atoms with van der Waals surface area (Å²) in [5.41, 5.74) is 7.13. The van der Waals surface area contributed by atoms with E-state index in [4.69, 9.17) is 5.73 Å². The SMILES string of the molecule is CCCCCCC(=O)Nc1ccc(Br)c(N)c1. The molecule has 3 nitrogen and oxygen atoms in total. The van der Waals surface area contributed by atoms with Crippen molar-refractivity contribution in [3.05, 3.63) is 22.7 Å². The Morgan fingerprint density at radius 3 is 2.76 bits per heavy atom. The maximum atomic E-state index is 11.6. The molecule has 1 amide bonds. The lowest BCUT2D eigenvalue weighted by molar-refractivity contribution is -0.116. The van der Waals surface area contributed by atoms with Crippen molar-refractivity contribution < 1.29 is 4.79 Å². The Kier molecular flexibility index (Phi) is 6.05. The first-order chi connectivity index (χ1) is 8.13. The largest absolute Gasteiger partial charge is 0.398 e. The Bertz CT molecular complexity index is 380. The van der Waals surface area contributed by atoms with Gasteiger partial charge in [-0.05, 0) is 40.5 Å². The van der Waals surface area contributed by atoms with Gasteiger partial charge in [0.1, 0.15) is 0 Å². The number of nitrogen functional groups attached to an aromatic ring is 1. The number of amides is 1. The van der Waals surface area contributed by atoms with E-state index >= 15 is 0 Å². The van der Waals surface area contributed by atoms with Crippen LogP contribution < -0.4 is 11.1 Å². The van der Waals surface area contributed by atoms with E-state index < -0.39 is 0 Å². The fraction of sp³-hybridized carbons (Fsp3) is 0.462. The Hall–Kier alpha value is -1.03. The maximum Gasteiger partial charge on any atom is 0.224 e. The summed E-state index contributed by atoms with van der Waals surface area (Å²) in [6.45, 7) is 2.16. The second-order valence-electron chi connectivity index (χ2n) is 4.10. The lowest BCUT2D eigenvalue weighted by Gasteiger charge is -2.06. The van der Waals surface area contributed by atoms with Crippen LogP contribution in [0, 0.1) is 0 Å². The molecule has 17 heavy (non-hydrogen) atoms. The molecule has 0 fully saturated rings. The Morgan fingerprint density at radius 1 is 1.35 bits per heavy atom. The summed E-state index contributed by atoms with van der Waals surface area (Å²) in [6.07, 6.45) is 5.03. The summed E-state index contributed by atoms with van der Waals surface area (Å²) in [6, 6.07) is 5.43.